The number of methoxy groups -OCH3 is 1. The Hall–Kier alpha value is -1.73. The lowest BCUT2D eigenvalue weighted by atomic mass is 10.2. The van der Waals surface area contributed by atoms with E-state index >= 15 is 0 Å². The molecule has 1 aromatic heterocycles. The molecule has 2 N–H and O–H groups in total. The van der Waals surface area contributed by atoms with E-state index in [1.54, 1.807) is 7.11 Å². The van der Waals surface area contributed by atoms with Crippen molar-refractivity contribution in [3.8, 4) is 11.8 Å². The van der Waals surface area contributed by atoms with Gasteiger partial charge in [-0.2, -0.15) is 5.26 Å². The van der Waals surface area contributed by atoms with Crippen LogP contribution in [0, 0.1) is 11.3 Å². The number of fused-ring (bicyclic) bond motifs is 1. The molecule has 0 spiro atoms. The van der Waals surface area contributed by atoms with Gasteiger partial charge in [-0.25, -0.2) is 0 Å². The lowest BCUT2D eigenvalue weighted by Crippen LogP contribution is -1.82. The van der Waals surface area contributed by atoms with Gasteiger partial charge in [0, 0.05) is 10.1 Å². The maximum atomic E-state index is 8.88. The Morgan fingerprint density at radius 1 is 1.50 bits per heavy atom. The predicted molar refractivity (Wildman–Crippen MR) is 57.5 cm³/mol. The van der Waals surface area contributed by atoms with Gasteiger partial charge >= 0.3 is 0 Å². The number of benzene rings is 1. The van der Waals surface area contributed by atoms with E-state index in [9.17, 15) is 0 Å². The summed E-state index contributed by atoms with van der Waals surface area (Å²) in [7, 11) is 1.61. The zero-order valence-corrected chi connectivity index (χ0v) is 8.39. The molecule has 0 saturated carbocycles. The van der Waals surface area contributed by atoms with Gasteiger partial charge in [-0.3, -0.25) is 0 Å². The van der Waals surface area contributed by atoms with Crippen molar-refractivity contribution in [3.05, 3.63) is 23.8 Å². The Labute approximate surface area is 85.3 Å². The summed E-state index contributed by atoms with van der Waals surface area (Å²) in [5, 5.41) is 10.3. The van der Waals surface area contributed by atoms with Gasteiger partial charge in [0.2, 0.25) is 0 Å². The molecule has 1 heterocycles. The van der Waals surface area contributed by atoms with Gasteiger partial charge in [0.25, 0.3) is 0 Å². The third-order valence-corrected chi connectivity index (χ3v) is 3.02. The quantitative estimate of drug-likeness (QED) is 0.775. The zero-order chi connectivity index (χ0) is 10.1. The monoisotopic (exact) mass is 204 g/mol. The number of rotatable bonds is 1. The van der Waals surface area contributed by atoms with E-state index in [-0.39, 0.29) is 0 Å². The minimum atomic E-state index is 0.563. The minimum Gasteiger partial charge on any atom is -0.497 e. The second-order valence-corrected chi connectivity index (χ2v) is 3.90. The number of nitriles is 1. The van der Waals surface area contributed by atoms with Crippen LogP contribution in [0.25, 0.3) is 10.1 Å². The van der Waals surface area contributed by atoms with E-state index in [1.807, 2.05) is 18.2 Å². The van der Waals surface area contributed by atoms with Crippen molar-refractivity contribution in [2.24, 2.45) is 0 Å². The first kappa shape index (κ1) is 8.85. The number of thiophene rings is 1. The molecule has 0 amide bonds. The molecule has 0 fully saturated rings. The van der Waals surface area contributed by atoms with Crippen molar-refractivity contribution in [3.63, 3.8) is 0 Å². The minimum absolute atomic E-state index is 0.563. The third kappa shape index (κ3) is 1.19. The molecule has 0 aliphatic heterocycles. The molecule has 2 aromatic rings. The lowest BCUT2D eigenvalue weighted by molar-refractivity contribution is 0.415. The largest absolute Gasteiger partial charge is 0.497 e. The Morgan fingerprint density at radius 3 is 2.93 bits per heavy atom. The molecule has 4 heteroatoms. The van der Waals surface area contributed by atoms with Crippen LogP contribution < -0.4 is 10.5 Å². The van der Waals surface area contributed by atoms with Crippen molar-refractivity contribution in [1.82, 2.24) is 0 Å². The first-order valence-corrected chi connectivity index (χ1v) is 4.84. The number of nitrogens with zero attached hydrogens (tertiary/aromatic N) is 1. The molecule has 2 rings (SSSR count). The van der Waals surface area contributed by atoms with Crippen LogP contribution in [0.5, 0.6) is 5.75 Å². The molecule has 1 aromatic carbocycles. The van der Waals surface area contributed by atoms with E-state index in [0.717, 1.165) is 15.8 Å². The number of anilines is 1. The summed E-state index contributed by atoms with van der Waals surface area (Å²) in [4.78, 5) is 0. The highest BCUT2D eigenvalue weighted by molar-refractivity contribution is 7.23. The Balaban J connectivity index is 2.76. The van der Waals surface area contributed by atoms with E-state index in [1.165, 1.54) is 11.3 Å². The normalized spacial score (nSPS) is 10.0. The van der Waals surface area contributed by atoms with Crippen molar-refractivity contribution >= 4 is 26.4 Å². The van der Waals surface area contributed by atoms with Crippen LogP contribution in [0.15, 0.2) is 18.2 Å². The van der Waals surface area contributed by atoms with E-state index in [2.05, 4.69) is 6.07 Å². The standard InChI is InChI=1S/C10H8N2OS/c1-13-6-2-3-7-8(5-11)10(12)14-9(7)4-6/h2-4H,12H2,1H3. The summed E-state index contributed by atoms with van der Waals surface area (Å²) in [6.07, 6.45) is 0. The first-order chi connectivity index (χ1) is 6.76. The van der Waals surface area contributed by atoms with Gasteiger partial charge in [-0.05, 0) is 18.2 Å². The molecule has 0 aliphatic carbocycles. The van der Waals surface area contributed by atoms with Gasteiger partial charge in [-0.15, -0.1) is 11.3 Å². The van der Waals surface area contributed by atoms with Gasteiger partial charge in [0.1, 0.15) is 16.8 Å². The summed E-state index contributed by atoms with van der Waals surface area (Å²) in [5.74, 6) is 0.781. The smallest absolute Gasteiger partial charge is 0.120 e. The summed E-state index contributed by atoms with van der Waals surface area (Å²) >= 11 is 1.41. The van der Waals surface area contributed by atoms with Crippen molar-refractivity contribution in [2.75, 3.05) is 12.8 Å². The summed E-state index contributed by atoms with van der Waals surface area (Å²) in [6, 6.07) is 7.68. The maximum Gasteiger partial charge on any atom is 0.120 e. The number of hydrogen-bond donors (Lipinski definition) is 1. The number of nitrogen functional groups attached to an aromatic ring is 1. The fourth-order valence-corrected chi connectivity index (χ4v) is 2.29. The lowest BCUT2D eigenvalue weighted by Gasteiger charge is -1.97. The fraction of sp³-hybridized carbons (Fsp3) is 0.100. The second kappa shape index (κ2) is 3.20. The molecule has 0 radical (unpaired) electrons. The summed E-state index contributed by atoms with van der Waals surface area (Å²) < 4.78 is 6.07. The highest BCUT2D eigenvalue weighted by atomic mass is 32.1. The van der Waals surface area contributed by atoms with E-state index in [0.29, 0.717) is 10.6 Å². The zero-order valence-electron chi connectivity index (χ0n) is 7.57. The highest BCUT2D eigenvalue weighted by Crippen LogP contribution is 2.34. The number of hydrogen-bond acceptors (Lipinski definition) is 4. The van der Waals surface area contributed by atoms with Crippen LogP contribution in [-0.4, -0.2) is 7.11 Å². The molecule has 0 atom stereocenters. The van der Waals surface area contributed by atoms with Crippen molar-refractivity contribution < 1.29 is 4.74 Å². The molecule has 0 bridgehead atoms. The maximum absolute atomic E-state index is 8.88. The molecule has 3 nitrogen and oxygen atoms in total. The van der Waals surface area contributed by atoms with Crippen LogP contribution in [-0.2, 0) is 0 Å². The van der Waals surface area contributed by atoms with Gasteiger partial charge in [0.15, 0.2) is 0 Å². The van der Waals surface area contributed by atoms with Crippen LogP contribution in [0.4, 0.5) is 5.00 Å². The van der Waals surface area contributed by atoms with Gasteiger partial charge < -0.3 is 10.5 Å². The fourth-order valence-electron chi connectivity index (χ4n) is 1.34. The molecule has 0 aliphatic rings. The number of nitrogens with two attached hydrogens (primary N) is 1. The molecule has 70 valence electrons. The van der Waals surface area contributed by atoms with E-state index in [4.69, 9.17) is 15.7 Å². The highest BCUT2D eigenvalue weighted by Gasteiger charge is 2.09. The topological polar surface area (TPSA) is 59.0 Å². The Kier molecular flexibility index (Phi) is 2.02. The third-order valence-electron chi connectivity index (χ3n) is 2.04. The molecular formula is C10H8N2OS. The average Bonchev–Trinajstić information content (AvgIpc) is 2.51. The first-order valence-electron chi connectivity index (χ1n) is 4.02. The van der Waals surface area contributed by atoms with Crippen LogP contribution in [0.3, 0.4) is 0 Å². The van der Waals surface area contributed by atoms with Crippen molar-refractivity contribution in [2.45, 2.75) is 0 Å². The number of ether oxygens (including phenoxy) is 1. The molecule has 0 unspecified atom stereocenters. The van der Waals surface area contributed by atoms with Gasteiger partial charge in [-0.1, -0.05) is 0 Å². The average molecular weight is 204 g/mol. The molecule has 0 saturated heterocycles. The van der Waals surface area contributed by atoms with Crippen LogP contribution >= 0.6 is 11.3 Å². The summed E-state index contributed by atoms with van der Waals surface area (Å²) in [5.41, 5.74) is 6.27. The van der Waals surface area contributed by atoms with Crippen LogP contribution in [0.1, 0.15) is 5.56 Å². The van der Waals surface area contributed by atoms with Gasteiger partial charge in [0.05, 0.1) is 12.7 Å². The molecule has 14 heavy (non-hydrogen) atoms. The van der Waals surface area contributed by atoms with Crippen LogP contribution in [0.2, 0.25) is 0 Å². The Morgan fingerprint density at radius 2 is 2.29 bits per heavy atom. The Bertz CT molecular complexity index is 525. The van der Waals surface area contributed by atoms with E-state index < -0.39 is 0 Å². The predicted octanol–water partition coefficient (Wildman–Crippen LogP) is 2.36. The molecular weight excluding hydrogens is 196 g/mol. The summed E-state index contributed by atoms with van der Waals surface area (Å²) in [6.45, 7) is 0. The SMILES string of the molecule is COc1ccc2c(C#N)c(N)sc2c1. The van der Waals surface area contributed by atoms with Crippen molar-refractivity contribution in [1.29, 1.82) is 5.26 Å². The second-order valence-electron chi connectivity index (χ2n) is 2.82.